The van der Waals surface area contributed by atoms with Crippen molar-refractivity contribution in [2.24, 2.45) is 9.98 Å². The second kappa shape index (κ2) is 16.0. The Kier molecular flexibility index (Phi) is 18.6. The molecule has 0 aromatic heterocycles. The highest BCUT2D eigenvalue weighted by molar-refractivity contribution is 5.72. The first kappa shape index (κ1) is 12.7. The van der Waals surface area contributed by atoms with Gasteiger partial charge in [-0.1, -0.05) is 26.8 Å². The van der Waals surface area contributed by atoms with E-state index in [-0.39, 0.29) is 0 Å². The number of aliphatic imine (C=N–C) groups is 2. The summed E-state index contributed by atoms with van der Waals surface area (Å²) in [6.07, 6.45) is 7.86. The van der Waals surface area contributed by atoms with Gasteiger partial charge in [0.05, 0.1) is 0 Å². The summed E-state index contributed by atoms with van der Waals surface area (Å²) in [6.45, 7) is 7.95. The highest BCUT2D eigenvalue weighted by Gasteiger charge is 1.61. The van der Waals surface area contributed by atoms with Gasteiger partial charge in [0.15, 0.2) is 0 Å². The normalized spacial score (nSPS) is 10.9. The second-order valence-electron chi connectivity index (χ2n) is 1.49. The van der Waals surface area contributed by atoms with Crippen LogP contribution in [0.1, 0.15) is 34.1 Å². The van der Waals surface area contributed by atoms with Crippen LogP contribution >= 0.6 is 0 Å². The summed E-state index contributed by atoms with van der Waals surface area (Å²) >= 11 is 0. The van der Waals surface area contributed by atoms with Gasteiger partial charge in [-0.25, -0.2) is 9.98 Å². The third-order valence-electron chi connectivity index (χ3n) is 0.656. The molecule has 0 aromatic carbocycles. The Bertz CT molecular complexity index is 124. The Hall–Kier alpha value is -0.920. The zero-order valence-corrected chi connectivity index (χ0v) is 7.91. The minimum absolute atomic E-state index is 0.960. The van der Waals surface area contributed by atoms with Crippen LogP contribution in [0.5, 0.6) is 0 Å². The lowest BCUT2D eigenvalue weighted by atomic mass is 10.5. The van der Waals surface area contributed by atoms with Crippen LogP contribution in [0.25, 0.3) is 0 Å². The molecule has 0 aliphatic carbocycles. The maximum atomic E-state index is 3.86. The molecule has 0 amide bonds. The smallest absolute Gasteiger partial charge is 0.114 e. The van der Waals surface area contributed by atoms with E-state index in [2.05, 4.69) is 9.98 Å². The maximum absolute atomic E-state index is 3.86. The maximum Gasteiger partial charge on any atom is 0.114 e. The molecule has 0 aromatic rings. The highest BCUT2D eigenvalue weighted by atomic mass is 14.8. The van der Waals surface area contributed by atoms with E-state index in [0.717, 1.165) is 6.42 Å². The Morgan fingerprint density at radius 1 is 1.18 bits per heavy atom. The predicted octanol–water partition coefficient (Wildman–Crippen LogP) is 3.06. The molecule has 0 aliphatic rings. The van der Waals surface area contributed by atoms with Crippen LogP contribution in [0, 0.1) is 0 Å². The van der Waals surface area contributed by atoms with Gasteiger partial charge in [-0.2, -0.15) is 0 Å². The van der Waals surface area contributed by atoms with Crippen LogP contribution in [-0.4, -0.2) is 12.6 Å². The van der Waals surface area contributed by atoms with Crippen molar-refractivity contribution in [2.75, 3.05) is 0 Å². The first-order valence-corrected chi connectivity index (χ1v) is 4.06. The molecule has 2 heteroatoms. The first-order valence-electron chi connectivity index (χ1n) is 4.06. The van der Waals surface area contributed by atoms with Crippen molar-refractivity contribution in [1.82, 2.24) is 0 Å². The van der Waals surface area contributed by atoms with E-state index in [9.17, 15) is 0 Å². The van der Waals surface area contributed by atoms with Crippen LogP contribution in [0.15, 0.2) is 22.3 Å². The van der Waals surface area contributed by atoms with Gasteiger partial charge < -0.3 is 0 Å². The van der Waals surface area contributed by atoms with Crippen molar-refractivity contribution in [3.63, 3.8) is 0 Å². The van der Waals surface area contributed by atoms with Gasteiger partial charge in [-0.3, -0.25) is 0 Å². The van der Waals surface area contributed by atoms with E-state index in [4.69, 9.17) is 0 Å². The van der Waals surface area contributed by atoms with Crippen molar-refractivity contribution in [1.29, 1.82) is 0 Å². The van der Waals surface area contributed by atoms with Gasteiger partial charge in [-0.05, 0) is 13.3 Å². The van der Waals surface area contributed by atoms with Crippen molar-refractivity contribution in [2.45, 2.75) is 34.1 Å². The van der Waals surface area contributed by atoms with Gasteiger partial charge >= 0.3 is 0 Å². The number of rotatable bonds is 3. The predicted molar refractivity (Wildman–Crippen MR) is 53.4 cm³/mol. The number of hydrogen-bond acceptors (Lipinski definition) is 1. The Morgan fingerprint density at radius 2 is 1.82 bits per heavy atom. The van der Waals surface area contributed by atoms with Crippen LogP contribution in [-0.2, 0) is 0 Å². The minimum Gasteiger partial charge on any atom is -0.249 e. The van der Waals surface area contributed by atoms with Crippen LogP contribution < -0.4 is 0 Å². The molecule has 0 N–H and O–H groups in total. The zero-order chi connectivity index (χ0) is 8.95. The fourth-order valence-electron chi connectivity index (χ4n) is 0.316. The molecule has 0 spiro atoms. The number of nitrogens with zero attached hydrogens (tertiary/aromatic N) is 2. The van der Waals surface area contributed by atoms with Crippen molar-refractivity contribution < 1.29 is 0 Å². The summed E-state index contributed by atoms with van der Waals surface area (Å²) in [4.78, 5) is 7.68. The molecule has 0 atom stereocenters. The van der Waals surface area contributed by atoms with E-state index < -0.39 is 0 Å². The molecule has 0 fully saturated rings. The van der Waals surface area contributed by atoms with Crippen LogP contribution in [0.2, 0.25) is 0 Å². The van der Waals surface area contributed by atoms with Crippen molar-refractivity contribution in [3.8, 4) is 0 Å². The molecule has 0 aliphatic heterocycles. The first-order chi connectivity index (χ1) is 5.41. The lowest BCUT2D eigenvalue weighted by Crippen LogP contribution is -1.67. The zero-order valence-electron chi connectivity index (χ0n) is 7.91. The fourth-order valence-corrected chi connectivity index (χ4v) is 0.316. The van der Waals surface area contributed by atoms with E-state index in [1.54, 1.807) is 6.20 Å². The molecule has 64 valence electrons. The lowest BCUT2D eigenvalue weighted by Gasteiger charge is -1.73. The standard InChI is InChI=1S/C7H12N2.C2H6/c1-3-5-8-7-9-6-4-2;1-2/h3,5-7H,4H2,1-2H3;1-2H3/b5-3-,8-7?,9-6?;. The third kappa shape index (κ3) is 17.6. The molecular weight excluding hydrogens is 136 g/mol. The van der Waals surface area contributed by atoms with E-state index in [0.29, 0.717) is 0 Å². The van der Waals surface area contributed by atoms with Gasteiger partial charge in [0, 0.05) is 12.4 Å². The highest BCUT2D eigenvalue weighted by Crippen LogP contribution is 1.71. The van der Waals surface area contributed by atoms with Crippen LogP contribution in [0.3, 0.4) is 0 Å². The molecule has 2 nitrogen and oxygen atoms in total. The number of hydrogen-bond donors (Lipinski definition) is 0. The molecule has 0 saturated carbocycles. The molecule has 0 heterocycles. The summed E-state index contributed by atoms with van der Waals surface area (Å²) < 4.78 is 0. The average Bonchev–Trinajstić information content (AvgIpc) is 2.08. The lowest BCUT2D eigenvalue weighted by molar-refractivity contribution is 1.32. The molecule has 0 bridgehead atoms. The van der Waals surface area contributed by atoms with E-state index >= 15 is 0 Å². The van der Waals surface area contributed by atoms with Crippen molar-refractivity contribution >= 4 is 12.6 Å². The molecule has 0 rings (SSSR count). The van der Waals surface area contributed by atoms with Gasteiger partial charge in [0.1, 0.15) is 6.34 Å². The van der Waals surface area contributed by atoms with E-state index in [1.165, 1.54) is 6.34 Å². The van der Waals surface area contributed by atoms with Crippen molar-refractivity contribution in [3.05, 3.63) is 12.3 Å². The fraction of sp³-hybridized carbons (Fsp3) is 0.556. The quantitative estimate of drug-likeness (QED) is 0.441. The Balaban J connectivity index is 0. The number of allylic oxidation sites excluding steroid dienone is 1. The summed E-state index contributed by atoms with van der Waals surface area (Å²) in [5, 5.41) is 0. The Morgan fingerprint density at radius 3 is 2.27 bits per heavy atom. The topological polar surface area (TPSA) is 24.7 Å². The third-order valence-corrected chi connectivity index (χ3v) is 0.656. The van der Waals surface area contributed by atoms with Gasteiger partial charge in [-0.15, -0.1) is 0 Å². The molecule has 0 unspecified atom stereocenters. The van der Waals surface area contributed by atoms with E-state index in [1.807, 2.05) is 40.0 Å². The Labute approximate surface area is 69.8 Å². The van der Waals surface area contributed by atoms with Gasteiger partial charge in [0.2, 0.25) is 0 Å². The summed E-state index contributed by atoms with van der Waals surface area (Å²) in [5.41, 5.74) is 0. The summed E-state index contributed by atoms with van der Waals surface area (Å²) in [7, 11) is 0. The second-order valence-corrected chi connectivity index (χ2v) is 1.49. The van der Waals surface area contributed by atoms with Crippen LogP contribution in [0.4, 0.5) is 0 Å². The summed E-state index contributed by atoms with van der Waals surface area (Å²) in [5.74, 6) is 0. The largest absolute Gasteiger partial charge is 0.249 e. The molecule has 11 heavy (non-hydrogen) atoms. The SMILES string of the molecule is C/C=C\N=CN=CCC.CC. The minimum atomic E-state index is 0.960. The summed E-state index contributed by atoms with van der Waals surface area (Å²) in [6, 6.07) is 0. The van der Waals surface area contributed by atoms with Gasteiger partial charge in [0.25, 0.3) is 0 Å². The monoisotopic (exact) mass is 154 g/mol. The molecule has 0 radical (unpaired) electrons. The molecule has 0 saturated heterocycles. The average molecular weight is 154 g/mol. The molecular formula is C9H18N2.